The van der Waals surface area contributed by atoms with Crippen molar-refractivity contribution in [2.75, 3.05) is 6.26 Å². The van der Waals surface area contributed by atoms with Crippen molar-refractivity contribution in [3.63, 3.8) is 0 Å². The second-order valence-corrected chi connectivity index (χ2v) is 5.35. The van der Waals surface area contributed by atoms with Gasteiger partial charge in [-0.05, 0) is 23.8 Å². The molecule has 0 unspecified atom stereocenters. The molecule has 1 rings (SSSR count). The predicted molar refractivity (Wildman–Crippen MR) is 62.0 cm³/mol. The molecule has 0 saturated heterocycles. The Hall–Kier alpha value is -0.120. The molecule has 0 saturated carbocycles. The summed E-state index contributed by atoms with van der Waals surface area (Å²) < 4.78 is 12.3. The van der Waals surface area contributed by atoms with Crippen LogP contribution in [0, 0.1) is 0 Å². The minimum Gasteiger partial charge on any atom is -0.254 e. The van der Waals surface area contributed by atoms with E-state index < -0.39 is 10.8 Å². The first-order valence-corrected chi connectivity index (χ1v) is 6.28. The van der Waals surface area contributed by atoms with Gasteiger partial charge in [0.25, 0.3) is 0 Å². The highest BCUT2D eigenvalue weighted by atomic mass is 79.9. The molecule has 0 aromatic heterocycles. The van der Waals surface area contributed by atoms with Gasteiger partial charge in [0.1, 0.15) is 4.36 Å². The molecule has 0 N–H and O–H groups in total. The van der Waals surface area contributed by atoms with Crippen molar-refractivity contribution in [2.45, 2.75) is 0 Å². The predicted octanol–water partition coefficient (Wildman–Crippen LogP) is 3.36. The molecule has 0 aliphatic heterocycles. The minimum atomic E-state index is -1.10. The molecule has 0 fully saturated rings. The topological polar surface area (TPSA) is 17.1 Å². The van der Waals surface area contributed by atoms with Gasteiger partial charge in [-0.1, -0.05) is 39.7 Å². The van der Waals surface area contributed by atoms with E-state index in [0.717, 1.165) is 10.0 Å². The van der Waals surface area contributed by atoms with Gasteiger partial charge in [0.05, 0.1) is 10.8 Å². The van der Waals surface area contributed by atoms with Crippen molar-refractivity contribution in [3.8, 4) is 0 Å². The van der Waals surface area contributed by atoms with Crippen LogP contribution in [0.5, 0.6) is 0 Å². The van der Waals surface area contributed by atoms with Crippen LogP contribution in [0.4, 0.5) is 0 Å². The Morgan fingerprint density at radius 1 is 1.46 bits per heavy atom. The highest BCUT2D eigenvalue weighted by molar-refractivity contribution is 9.10. The van der Waals surface area contributed by atoms with Crippen LogP contribution in [0.15, 0.2) is 33.1 Å². The maximum Gasteiger partial charge on any atom is 0.105 e. The zero-order valence-corrected chi connectivity index (χ0v) is 10.1. The van der Waals surface area contributed by atoms with E-state index in [4.69, 9.17) is 11.6 Å². The number of hydrogen-bond acceptors (Lipinski definition) is 1. The van der Waals surface area contributed by atoms with E-state index in [9.17, 15) is 4.21 Å². The molecule has 0 radical (unpaired) electrons. The summed E-state index contributed by atoms with van der Waals surface area (Å²) in [5.41, 5.74) is 0.948. The maximum atomic E-state index is 10.9. The quantitative estimate of drug-likeness (QED) is 0.811. The third kappa shape index (κ3) is 3.63. The van der Waals surface area contributed by atoms with Gasteiger partial charge in [0, 0.05) is 10.7 Å². The summed E-state index contributed by atoms with van der Waals surface area (Å²) in [6, 6.07) is 7.63. The van der Waals surface area contributed by atoms with Gasteiger partial charge < -0.3 is 0 Å². The highest BCUT2D eigenvalue weighted by Crippen LogP contribution is 2.15. The summed E-state index contributed by atoms with van der Waals surface area (Å²) >= 11 is 9.07. The van der Waals surface area contributed by atoms with Crippen molar-refractivity contribution in [2.24, 2.45) is 0 Å². The number of rotatable bonds is 2. The van der Waals surface area contributed by atoms with Crippen LogP contribution in [0.3, 0.4) is 0 Å². The van der Waals surface area contributed by atoms with Crippen LogP contribution >= 0.6 is 27.5 Å². The average Bonchev–Trinajstić information content (AvgIpc) is 2.08. The zero-order chi connectivity index (χ0) is 9.84. The average molecular weight is 280 g/mol. The molecular weight excluding hydrogens is 272 g/mol. The van der Waals surface area contributed by atoms with Crippen LogP contribution in [0.25, 0.3) is 6.08 Å². The van der Waals surface area contributed by atoms with E-state index in [1.165, 1.54) is 0 Å². The molecule has 13 heavy (non-hydrogen) atoms. The molecule has 0 aliphatic carbocycles. The van der Waals surface area contributed by atoms with Gasteiger partial charge >= 0.3 is 0 Å². The molecule has 70 valence electrons. The van der Waals surface area contributed by atoms with E-state index in [2.05, 4.69) is 15.9 Å². The zero-order valence-electron chi connectivity index (χ0n) is 6.96. The second-order valence-electron chi connectivity index (χ2n) is 2.45. The third-order valence-electron chi connectivity index (χ3n) is 1.42. The van der Waals surface area contributed by atoms with Crippen LogP contribution in [-0.4, -0.2) is 10.5 Å². The van der Waals surface area contributed by atoms with Crippen molar-refractivity contribution in [1.29, 1.82) is 0 Å². The molecule has 1 nitrogen and oxygen atoms in total. The van der Waals surface area contributed by atoms with E-state index >= 15 is 0 Å². The Kier molecular flexibility index (Phi) is 4.16. The number of benzene rings is 1. The first-order valence-electron chi connectivity index (χ1n) is 3.56. The third-order valence-corrected chi connectivity index (χ3v) is 3.38. The molecular formula is C9H8BrClOS. The van der Waals surface area contributed by atoms with Gasteiger partial charge in [-0.15, -0.1) is 0 Å². The SMILES string of the molecule is C[S@](=O)/C(Cl)=C/c1ccc(Br)cc1. The van der Waals surface area contributed by atoms with Crippen molar-refractivity contribution in [3.05, 3.63) is 38.7 Å². The molecule has 0 spiro atoms. The monoisotopic (exact) mass is 278 g/mol. The Morgan fingerprint density at radius 2 is 2.00 bits per heavy atom. The van der Waals surface area contributed by atoms with E-state index in [1.54, 1.807) is 12.3 Å². The van der Waals surface area contributed by atoms with Crippen LogP contribution in [0.1, 0.15) is 5.56 Å². The fourth-order valence-electron chi connectivity index (χ4n) is 0.773. The summed E-state index contributed by atoms with van der Waals surface area (Å²) in [6.07, 6.45) is 3.25. The maximum absolute atomic E-state index is 10.9. The Labute approximate surface area is 93.4 Å². The second kappa shape index (κ2) is 4.94. The van der Waals surface area contributed by atoms with Gasteiger partial charge in [-0.3, -0.25) is 4.21 Å². The van der Waals surface area contributed by atoms with E-state index in [-0.39, 0.29) is 0 Å². The van der Waals surface area contributed by atoms with Crippen LogP contribution < -0.4 is 0 Å². The lowest BCUT2D eigenvalue weighted by Crippen LogP contribution is -1.83. The number of halogens is 2. The largest absolute Gasteiger partial charge is 0.254 e. The Balaban J connectivity index is 2.92. The smallest absolute Gasteiger partial charge is 0.105 e. The van der Waals surface area contributed by atoms with Crippen LogP contribution in [-0.2, 0) is 10.8 Å². The molecule has 0 aliphatic rings. The van der Waals surface area contributed by atoms with Gasteiger partial charge in [0.2, 0.25) is 0 Å². The fourth-order valence-corrected chi connectivity index (χ4v) is 1.47. The van der Waals surface area contributed by atoms with Gasteiger partial charge in [-0.25, -0.2) is 0 Å². The summed E-state index contributed by atoms with van der Waals surface area (Å²) in [5, 5.41) is 0. The lowest BCUT2D eigenvalue weighted by Gasteiger charge is -1.95. The lowest BCUT2D eigenvalue weighted by atomic mass is 10.2. The summed E-state index contributed by atoms with van der Waals surface area (Å²) in [6.45, 7) is 0. The van der Waals surface area contributed by atoms with Gasteiger partial charge in [-0.2, -0.15) is 0 Å². The highest BCUT2D eigenvalue weighted by Gasteiger charge is 1.97. The normalized spacial score (nSPS) is 14.2. The van der Waals surface area contributed by atoms with Gasteiger partial charge in [0.15, 0.2) is 0 Å². The standard InChI is InChI=1S/C9H8BrClOS/c1-13(12)9(11)6-7-2-4-8(10)5-3-7/h2-6H,1H3/b9-6+/t13-/m0/s1. The summed E-state index contributed by atoms with van der Waals surface area (Å²) in [4.78, 5) is 0. The fraction of sp³-hybridized carbons (Fsp3) is 0.111. The molecule has 1 aromatic carbocycles. The van der Waals surface area contributed by atoms with Crippen molar-refractivity contribution < 1.29 is 4.21 Å². The molecule has 0 bridgehead atoms. The van der Waals surface area contributed by atoms with E-state index in [0.29, 0.717) is 4.36 Å². The molecule has 1 aromatic rings. The molecule has 4 heteroatoms. The first-order chi connectivity index (χ1) is 6.09. The summed E-state index contributed by atoms with van der Waals surface area (Å²) in [7, 11) is -1.10. The molecule has 0 amide bonds. The molecule has 0 heterocycles. The lowest BCUT2D eigenvalue weighted by molar-refractivity contribution is 0.691. The Bertz CT molecular complexity index is 345. The Morgan fingerprint density at radius 3 is 2.46 bits per heavy atom. The molecule has 1 atom stereocenters. The minimum absolute atomic E-state index is 0.363. The van der Waals surface area contributed by atoms with E-state index in [1.807, 2.05) is 24.3 Å². The summed E-state index contributed by atoms with van der Waals surface area (Å²) in [5.74, 6) is 0. The first kappa shape index (κ1) is 11.0. The van der Waals surface area contributed by atoms with Crippen molar-refractivity contribution >= 4 is 44.4 Å². The van der Waals surface area contributed by atoms with Crippen molar-refractivity contribution in [1.82, 2.24) is 0 Å². The number of hydrogen-bond donors (Lipinski definition) is 0. The van der Waals surface area contributed by atoms with Crippen LogP contribution in [0.2, 0.25) is 0 Å².